The fourth-order valence-electron chi connectivity index (χ4n) is 2.91. The van der Waals surface area contributed by atoms with E-state index in [-0.39, 0.29) is 0 Å². The van der Waals surface area contributed by atoms with Crippen LogP contribution in [0, 0.1) is 0 Å². The molecule has 4 heteroatoms. The molecule has 2 unspecified atom stereocenters. The number of carbonyl (C=O) groups is 1. The lowest BCUT2D eigenvalue weighted by molar-refractivity contribution is 0.202. The first kappa shape index (κ1) is 11.1. The van der Waals surface area contributed by atoms with E-state index in [2.05, 4.69) is 17.5 Å². The van der Waals surface area contributed by atoms with E-state index in [1.54, 1.807) is 20.2 Å². The van der Waals surface area contributed by atoms with Crippen LogP contribution in [0.2, 0.25) is 0 Å². The van der Waals surface area contributed by atoms with Crippen LogP contribution in [0.4, 0.5) is 4.79 Å². The lowest BCUT2D eigenvalue weighted by Gasteiger charge is -2.18. The third-order valence-electron chi connectivity index (χ3n) is 3.66. The van der Waals surface area contributed by atoms with Gasteiger partial charge in [0.2, 0.25) is 0 Å². The second-order valence-electron chi connectivity index (χ2n) is 4.57. The molecule has 2 atom stereocenters. The van der Waals surface area contributed by atoms with E-state index in [1.807, 2.05) is 6.07 Å². The van der Waals surface area contributed by atoms with Crippen LogP contribution >= 0.6 is 0 Å². The summed E-state index contributed by atoms with van der Waals surface area (Å²) in [6, 6.07) is 3.67. The molecule has 2 aliphatic rings. The summed E-state index contributed by atoms with van der Waals surface area (Å²) in [6.07, 6.45) is 5.01. The van der Waals surface area contributed by atoms with Crippen LogP contribution in [0.1, 0.15) is 29.4 Å². The quantitative estimate of drug-likeness (QED) is 0.814. The molecule has 1 N–H and O–H groups in total. The monoisotopic (exact) mass is 245 g/mol. The Morgan fingerprint density at radius 3 is 2.44 bits per heavy atom. The van der Waals surface area contributed by atoms with Crippen molar-refractivity contribution in [3.8, 4) is 11.5 Å². The molecule has 2 bridgehead atoms. The average molecular weight is 245 g/mol. The predicted molar refractivity (Wildman–Crippen MR) is 67.3 cm³/mol. The number of rotatable bonds is 2. The highest BCUT2D eigenvalue weighted by Crippen LogP contribution is 2.55. The summed E-state index contributed by atoms with van der Waals surface area (Å²) in [7, 11) is 3.22. The van der Waals surface area contributed by atoms with E-state index in [0.717, 1.165) is 17.7 Å². The summed E-state index contributed by atoms with van der Waals surface area (Å²) in [4.78, 5) is 11.4. The fourth-order valence-corrected chi connectivity index (χ4v) is 2.91. The maximum atomic E-state index is 11.4. The minimum absolute atomic E-state index is 0.347. The molecule has 94 valence electrons. The number of carbonyl (C=O) groups excluding carboxylic acids is 1. The van der Waals surface area contributed by atoms with Gasteiger partial charge in [0.05, 0.1) is 7.11 Å². The highest BCUT2D eigenvalue weighted by atomic mass is 16.6. The van der Waals surface area contributed by atoms with Crippen molar-refractivity contribution in [2.45, 2.75) is 18.3 Å². The molecule has 4 nitrogen and oxygen atoms in total. The van der Waals surface area contributed by atoms with Gasteiger partial charge in [-0.3, -0.25) is 0 Å². The molecule has 0 fully saturated rings. The summed E-state index contributed by atoms with van der Waals surface area (Å²) < 4.78 is 10.7. The predicted octanol–water partition coefficient (Wildman–Crippen LogP) is 2.55. The van der Waals surface area contributed by atoms with E-state index in [0.29, 0.717) is 17.6 Å². The largest absolute Gasteiger partial charge is 0.496 e. The third kappa shape index (κ3) is 1.49. The van der Waals surface area contributed by atoms with Gasteiger partial charge in [-0.25, -0.2) is 4.79 Å². The van der Waals surface area contributed by atoms with Crippen LogP contribution in [-0.4, -0.2) is 20.3 Å². The Hall–Kier alpha value is -1.97. The standard InChI is InChI=1S/C14H15NO3/c1-15-14(16)18-11-6-5-10(17-2)12-8-3-4-9(7-8)13(11)12/h3-6,8-9H,7H2,1-2H3,(H,15,16). The molecule has 0 aromatic heterocycles. The summed E-state index contributed by atoms with van der Waals surface area (Å²) in [6.45, 7) is 0. The van der Waals surface area contributed by atoms with Crippen molar-refractivity contribution >= 4 is 6.09 Å². The maximum Gasteiger partial charge on any atom is 0.412 e. The van der Waals surface area contributed by atoms with Gasteiger partial charge in [-0.1, -0.05) is 12.2 Å². The Morgan fingerprint density at radius 1 is 1.22 bits per heavy atom. The molecule has 1 aromatic carbocycles. The van der Waals surface area contributed by atoms with E-state index in [4.69, 9.17) is 9.47 Å². The van der Waals surface area contributed by atoms with Gasteiger partial charge in [-0.05, 0) is 18.6 Å². The first-order chi connectivity index (χ1) is 8.74. The van der Waals surface area contributed by atoms with Gasteiger partial charge in [0.15, 0.2) is 0 Å². The van der Waals surface area contributed by atoms with Crippen molar-refractivity contribution in [2.75, 3.05) is 14.2 Å². The second-order valence-corrected chi connectivity index (χ2v) is 4.57. The van der Waals surface area contributed by atoms with Crippen LogP contribution in [0.3, 0.4) is 0 Å². The number of allylic oxidation sites excluding steroid dienone is 2. The van der Waals surface area contributed by atoms with Crippen LogP contribution in [-0.2, 0) is 0 Å². The molecular formula is C14H15NO3. The van der Waals surface area contributed by atoms with E-state index >= 15 is 0 Å². The van der Waals surface area contributed by atoms with Crippen LogP contribution < -0.4 is 14.8 Å². The van der Waals surface area contributed by atoms with Crippen molar-refractivity contribution in [3.63, 3.8) is 0 Å². The lowest BCUT2D eigenvalue weighted by atomic mass is 9.95. The van der Waals surface area contributed by atoms with Gasteiger partial charge in [-0.2, -0.15) is 0 Å². The van der Waals surface area contributed by atoms with E-state index < -0.39 is 6.09 Å². The average Bonchev–Trinajstić information content (AvgIpc) is 3.00. The molecule has 0 aliphatic heterocycles. The Balaban J connectivity index is 2.07. The minimum atomic E-state index is -0.436. The Kier molecular flexibility index (Phi) is 2.51. The number of amides is 1. The van der Waals surface area contributed by atoms with E-state index in [9.17, 15) is 4.79 Å². The Morgan fingerprint density at radius 2 is 1.83 bits per heavy atom. The van der Waals surface area contributed by atoms with Gasteiger partial charge in [0, 0.05) is 30.0 Å². The van der Waals surface area contributed by atoms with Crippen molar-refractivity contribution in [1.82, 2.24) is 5.32 Å². The zero-order valence-electron chi connectivity index (χ0n) is 10.4. The van der Waals surface area contributed by atoms with Gasteiger partial charge in [-0.15, -0.1) is 0 Å². The number of methoxy groups -OCH3 is 1. The van der Waals surface area contributed by atoms with Gasteiger partial charge >= 0.3 is 6.09 Å². The first-order valence-corrected chi connectivity index (χ1v) is 6.03. The second kappa shape index (κ2) is 4.05. The molecule has 0 heterocycles. The number of hydrogen-bond donors (Lipinski definition) is 1. The third-order valence-corrected chi connectivity index (χ3v) is 3.66. The normalized spacial score (nSPS) is 22.8. The molecule has 0 saturated carbocycles. The van der Waals surface area contributed by atoms with Crippen LogP contribution in [0.15, 0.2) is 24.3 Å². The smallest absolute Gasteiger partial charge is 0.412 e. The molecule has 0 spiro atoms. The van der Waals surface area contributed by atoms with Crippen LogP contribution in [0.5, 0.6) is 11.5 Å². The molecule has 0 radical (unpaired) electrons. The van der Waals surface area contributed by atoms with Gasteiger partial charge in [0.25, 0.3) is 0 Å². The minimum Gasteiger partial charge on any atom is -0.496 e. The number of ether oxygens (including phenoxy) is 2. The molecule has 0 saturated heterocycles. The number of benzene rings is 1. The molecule has 1 amide bonds. The first-order valence-electron chi connectivity index (χ1n) is 6.03. The van der Waals surface area contributed by atoms with Crippen molar-refractivity contribution < 1.29 is 14.3 Å². The van der Waals surface area contributed by atoms with Crippen molar-refractivity contribution in [2.24, 2.45) is 0 Å². The highest BCUT2D eigenvalue weighted by molar-refractivity contribution is 5.72. The molecular weight excluding hydrogens is 230 g/mol. The van der Waals surface area contributed by atoms with Gasteiger partial charge < -0.3 is 14.8 Å². The summed E-state index contributed by atoms with van der Waals surface area (Å²) in [5.41, 5.74) is 2.27. The number of hydrogen-bond acceptors (Lipinski definition) is 3. The van der Waals surface area contributed by atoms with Crippen molar-refractivity contribution in [3.05, 3.63) is 35.4 Å². The van der Waals surface area contributed by atoms with E-state index in [1.165, 1.54) is 5.56 Å². The lowest BCUT2D eigenvalue weighted by Crippen LogP contribution is -2.22. The Bertz CT molecular complexity index is 536. The SMILES string of the molecule is CNC(=O)Oc1ccc(OC)c2c1C1C=CC2C1. The molecule has 18 heavy (non-hydrogen) atoms. The zero-order chi connectivity index (χ0) is 12.7. The molecule has 2 aliphatic carbocycles. The summed E-state index contributed by atoms with van der Waals surface area (Å²) in [5.74, 6) is 2.26. The fraction of sp³-hybridized carbons (Fsp3) is 0.357. The maximum absolute atomic E-state index is 11.4. The van der Waals surface area contributed by atoms with Crippen LogP contribution in [0.25, 0.3) is 0 Å². The number of fused-ring (bicyclic) bond motifs is 5. The topological polar surface area (TPSA) is 47.6 Å². The molecule has 3 rings (SSSR count). The Labute approximate surface area is 106 Å². The zero-order valence-corrected chi connectivity index (χ0v) is 10.4. The van der Waals surface area contributed by atoms with Gasteiger partial charge in [0.1, 0.15) is 11.5 Å². The molecule has 1 aromatic rings. The highest BCUT2D eigenvalue weighted by Gasteiger charge is 2.38. The summed E-state index contributed by atoms with van der Waals surface area (Å²) in [5, 5.41) is 2.47. The van der Waals surface area contributed by atoms with Crippen molar-refractivity contribution in [1.29, 1.82) is 0 Å². The number of nitrogens with one attached hydrogen (secondary N) is 1. The summed E-state index contributed by atoms with van der Waals surface area (Å²) >= 11 is 0.